The highest BCUT2D eigenvalue weighted by molar-refractivity contribution is 5.83. The van der Waals surface area contributed by atoms with Gasteiger partial charge in [0.15, 0.2) is 0 Å². The molecule has 1 saturated carbocycles. The maximum Gasteiger partial charge on any atom is 0.223 e. The second kappa shape index (κ2) is 2.72. The maximum atomic E-state index is 11.2. The van der Waals surface area contributed by atoms with Crippen LogP contribution in [0.25, 0.3) is 0 Å². The fraction of sp³-hybridized carbons (Fsp3) is 0.778. The minimum Gasteiger partial charge on any atom is -0.359 e. The summed E-state index contributed by atoms with van der Waals surface area (Å²) >= 11 is 0. The molecule has 2 fully saturated rings. The number of carbonyl (C=O) groups is 2. The Kier molecular flexibility index (Phi) is 1.78. The van der Waals surface area contributed by atoms with Crippen LogP contribution in [0.4, 0.5) is 0 Å². The number of hydrogen-bond donors (Lipinski definition) is 2. The topological polar surface area (TPSA) is 58.2 Å². The predicted octanol–water partition coefficient (Wildman–Crippen LogP) is -0.209. The van der Waals surface area contributed by atoms with E-state index in [4.69, 9.17) is 0 Å². The van der Waals surface area contributed by atoms with Gasteiger partial charge in [0.2, 0.25) is 11.8 Å². The Balaban J connectivity index is 1.90. The summed E-state index contributed by atoms with van der Waals surface area (Å²) in [4.78, 5) is 22.2. The zero-order valence-electron chi connectivity index (χ0n) is 7.72. The second-order valence-corrected chi connectivity index (χ2v) is 4.05. The van der Waals surface area contributed by atoms with Crippen LogP contribution in [0.5, 0.6) is 0 Å². The Morgan fingerprint density at radius 1 is 1.62 bits per heavy atom. The molecule has 1 aliphatic carbocycles. The zero-order chi connectivity index (χ0) is 9.47. The van der Waals surface area contributed by atoms with E-state index in [1.807, 2.05) is 0 Å². The highest BCUT2D eigenvalue weighted by atomic mass is 16.2. The molecule has 1 aliphatic heterocycles. The smallest absolute Gasteiger partial charge is 0.223 e. The van der Waals surface area contributed by atoms with Crippen LogP contribution >= 0.6 is 0 Å². The average Bonchev–Trinajstić information content (AvgIpc) is 2.43. The molecule has 0 unspecified atom stereocenters. The van der Waals surface area contributed by atoms with Crippen molar-refractivity contribution in [2.75, 3.05) is 7.05 Å². The maximum absolute atomic E-state index is 11.2. The largest absolute Gasteiger partial charge is 0.359 e. The standard InChI is InChI=1S/C9H14N2O2/c1-10-8(13)6-4-9(5-6)3-2-7(12)11-9/h6H,2-5H2,1H3,(H,10,13)(H,11,12). The highest BCUT2D eigenvalue weighted by Crippen LogP contribution is 2.43. The molecule has 4 nitrogen and oxygen atoms in total. The van der Waals surface area contributed by atoms with Crippen LogP contribution in [-0.4, -0.2) is 24.4 Å². The van der Waals surface area contributed by atoms with Crippen LogP contribution in [0.1, 0.15) is 25.7 Å². The zero-order valence-corrected chi connectivity index (χ0v) is 7.72. The van der Waals surface area contributed by atoms with E-state index in [-0.39, 0.29) is 23.3 Å². The molecule has 0 bridgehead atoms. The normalized spacial score (nSPS) is 37.0. The number of amides is 2. The summed E-state index contributed by atoms with van der Waals surface area (Å²) in [5, 5.41) is 5.59. The van der Waals surface area contributed by atoms with Crippen molar-refractivity contribution in [3.05, 3.63) is 0 Å². The summed E-state index contributed by atoms with van der Waals surface area (Å²) in [7, 11) is 1.65. The molecule has 2 N–H and O–H groups in total. The quantitative estimate of drug-likeness (QED) is 0.589. The summed E-state index contributed by atoms with van der Waals surface area (Å²) in [6, 6.07) is 0. The molecule has 1 heterocycles. The molecule has 0 atom stereocenters. The summed E-state index contributed by atoms with van der Waals surface area (Å²) < 4.78 is 0. The van der Waals surface area contributed by atoms with E-state index in [9.17, 15) is 9.59 Å². The first kappa shape index (κ1) is 8.53. The monoisotopic (exact) mass is 182 g/mol. The van der Waals surface area contributed by atoms with E-state index >= 15 is 0 Å². The van der Waals surface area contributed by atoms with Gasteiger partial charge >= 0.3 is 0 Å². The molecule has 13 heavy (non-hydrogen) atoms. The van der Waals surface area contributed by atoms with E-state index in [1.54, 1.807) is 7.05 Å². The molecular formula is C9H14N2O2. The lowest BCUT2D eigenvalue weighted by atomic mass is 9.67. The molecule has 2 amide bonds. The SMILES string of the molecule is CNC(=O)C1CC2(CCC(=O)N2)C1. The second-order valence-electron chi connectivity index (χ2n) is 4.05. The Bertz CT molecular complexity index is 256. The average molecular weight is 182 g/mol. The molecule has 1 saturated heterocycles. The molecule has 2 aliphatic rings. The first-order valence-electron chi connectivity index (χ1n) is 4.68. The summed E-state index contributed by atoms with van der Waals surface area (Å²) in [6.07, 6.45) is 3.16. The first-order chi connectivity index (χ1) is 6.15. The van der Waals surface area contributed by atoms with Gasteiger partial charge in [0.05, 0.1) is 0 Å². The lowest BCUT2D eigenvalue weighted by Gasteiger charge is -2.43. The third-order valence-electron chi connectivity index (χ3n) is 3.13. The molecule has 72 valence electrons. The van der Waals surface area contributed by atoms with Crippen LogP contribution < -0.4 is 10.6 Å². The van der Waals surface area contributed by atoms with Gasteiger partial charge in [-0.1, -0.05) is 0 Å². The van der Waals surface area contributed by atoms with E-state index < -0.39 is 0 Å². The van der Waals surface area contributed by atoms with Gasteiger partial charge < -0.3 is 10.6 Å². The van der Waals surface area contributed by atoms with E-state index in [2.05, 4.69) is 10.6 Å². The first-order valence-corrected chi connectivity index (χ1v) is 4.68. The van der Waals surface area contributed by atoms with Crippen LogP contribution in [-0.2, 0) is 9.59 Å². The van der Waals surface area contributed by atoms with Crippen molar-refractivity contribution >= 4 is 11.8 Å². The molecule has 4 heteroatoms. The lowest BCUT2D eigenvalue weighted by Crippen LogP contribution is -2.55. The van der Waals surface area contributed by atoms with Gasteiger partial charge in [-0.15, -0.1) is 0 Å². The van der Waals surface area contributed by atoms with Crippen molar-refractivity contribution in [3.63, 3.8) is 0 Å². The number of nitrogens with one attached hydrogen (secondary N) is 2. The van der Waals surface area contributed by atoms with Crippen LogP contribution in [0.3, 0.4) is 0 Å². The van der Waals surface area contributed by atoms with E-state index in [0.29, 0.717) is 6.42 Å². The highest BCUT2D eigenvalue weighted by Gasteiger charge is 2.50. The summed E-state index contributed by atoms with van der Waals surface area (Å²) in [5.41, 5.74) is -0.0196. The van der Waals surface area contributed by atoms with Crippen LogP contribution in [0.15, 0.2) is 0 Å². The fourth-order valence-corrected chi connectivity index (χ4v) is 2.35. The minimum absolute atomic E-state index is 0.0196. The molecular weight excluding hydrogens is 168 g/mol. The Morgan fingerprint density at radius 2 is 2.31 bits per heavy atom. The van der Waals surface area contributed by atoms with Gasteiger partial charge in [-0.05, 0) is 19.3 Å². The molecule has 0 aromatic rings. The number of hydrogen-bond acceptors (Lipinski definition) is 2. The van der Waals surface area contributed by atoms with Gasteiger partial charge in [0, 0.05) is 24.9 Å². The van der Waals surface area contributed by atoms with E-state index in [0.717, 1.165) is 19.3 Å². The van der Waals surface area contributed by atoms with Crippen molar-refractivity contribution in [2.24, 2.45) is 5.92 Å². The summed E-state index contributed by atoms with van der Waals surface area (Å²) in [5.74, 6) is 0.352. The van der Waals surface area contributed by atoms with Gasteiger partial charge in [-0.2, -0.15) is 0 Å². The number of carbonyl (C=O) groups excluding carboxylic acids is 2. The van der Waals surface area contributed by atoms with Gasteiger partial charge in [-0.3, -0.25) is 9.59 Å². The summed E-state index contributed by atoms with van der Waals surface area (Å²) in [6.45, 7) is 0. The molecule has 0 aromatic carbocycles. The third kappa shape index (κ3) is 1.30. The van der Waals surface area contributed by atoms with Crippen molar-refractivity contribution in [1.82, 2.24) is 10.6 Å². The number of rotatable bonds is 1. The minimum atomic E-state index is -0.0196. The molecule has 2 rings (SSSR count). The van der Waals surface area contributed by atoms with Crippen molar-refractivity contribution in [2.45, 2.75) is 31.2 Å². The Labute approximate surface area is 77.1 Å². The molecule has 0 aromatic heterocycles. The third-order valence-corrected chi connectivity index (χ3v) is 3.13. The molecule has 0 radical (unpaired) electrons. The van der Waals surface area contributed by atoms with E-state index in [1.165, 1.54) is 0 Å². The van der Waals surface area contributed by atoms with Crippen LogP contribution in [0, 0.1) is 5.92 Å². The van der Waals surface area contributed by atoms with Gasteiger partial charge in [-0.25, -0.2) is 0 Å². The predicted molar refractivity (Wildman–Crippen MR) is 46.9 cm³/mol. The Morgan fingerprint density at radius 3 is 2.77 bits per heavy atom. The van der Waals surface area contributed by atoms with Crippen molar-refractivity contribution in [1.29, 1.82) is 0 Å². The fourth-order valence-electron chi connectivity index (χ4n) is 2.35. The Hall–Kier alpha value is -1.06. The molecule has 1 spiro atoms. The van der Waals surface area contributed by atoms with Crippen molar-refractivity contribution < 1.29 is 9.59 Å². The van der Waals surface area contributed by atoms with Crippen LogP contribution in [0.2, 0.25) is 0 Å². The van der Waals surface area contributed by atoms with Crippen molar-refractivity contribution in [3.8, 4) is 0 Å². The lowest BCUT2D eigenvalue weighted by molar-refractivity contribution is -0.131. The van der Waals surface area contributed by atoms with Gasteiger partial charge in [0.1, 0.15) is 0 Å². The van der Waals surface area contributed by atoms with Gasteiger partial charge in [0.25, 0.3) is 0 Å².